The minimum Gasteiger partial charge on any atom is -0.347 e. The van der Waals surface area contributed by atoms with Gasteiger partial charge in [-0.2, -0.15) is 0 Å². The quantitative estimate of drug-likeness (QED) is 0.0678. The number of rotatable bonds is 17. The zero-order valence-corrected chi connectivity index (χ0v) is 47.9. The van der Waals surface area contributed by atoms with Crippen molar-refractivity contribution >= 4 is 53.0 Å². The molecule has 7 rings (SSSR count). The Kier molecular flexibility index (Phi) is 18.9. The van der Waals surface area contributed by atoms with Crippen LogP contribution in [0.3, 0.4) is 0 Å². The molecule has 16 nitrogen and oxygen atoms in total. The fourth-order valence-corrected chi connectivity index (χ4v) is 11.0. The van der Waals surface area contributed by atoms with Crippen LogP contribution in [-0.4, -0.2) is 119 Å². The van der Waals surface area contributed by atoms with E-state index in [0.717, 1.165) is 41.5 Å². The van der Waals surface area contributed by atoms with Gasteiger partial charge >= 0.3 is 0 Å². The highest BCUT2D eigenvalue weighted by Gasteiger charge is 2.47. The van der Waals surface area contributed by atoms with E-state index in [-0.39, 0.29) is 68.1 Å². The molecule has 2 heterocycles. The van der Waals surface area contributed by atoms with Crippen LogP contribution >= 0.6 is 11.6 Å². The molecule has 78 heavy (non-hydrogen) atoms. The van der Waals surface area contributed by atoms with Crippen molar-refractivity contribution in [1.82, 2.24) is 46.6 Å². The third-order valence-corrected chi connectivity index (χ3v) is 16.1. The van der Waals surface area contributed by atoms with Crippen LogP contribution in [0.4, 0.5) is 0 Å². The SMILES string of the molecule is CN[C@@H](C)C(=O)N[C@H](C(=O)N1C[C@@H](NC(=O)c2ccc(CN(C(=O)[C@@H]3Cc4ccccc4CN3C(=O)[C@@H](NC(=O)[C@H](C)NC)C(C)(C)C)[C@H](C)c3cccc(Cl)c3)cc2)C[C@H]1C(=O)N[C@@H]1CCCc2ccccc21)C(C)(C)C. The number of carbonyl (C=O) groups excluding carboxylic acids is 7. The number of hydrogen-bond acceptors (Lipinski definition) is 9. The standard InChI is InChI=1S/C61H80ClN9O7/c1-36(63-10)53(72)67-51(60(4,5)6)58(77)70-34-44-20-13-12-19-43(44)31-50(70)57(76)69(38(3)42-22-16-23-45(62)30-42)33-39-26-28-41(29-27-39)55(74)65-46-32-49(56(75)66-48-25-17-21-40-18-14-15-24-47(40)48)71(35-46)59(78)52(61(7,8)9)68-54(73)37(2)64-11/h12-16,18-20,22-24,26-30,36-38,46,48-52,63-64H,17,21,25,31-35H2,1-11H3,(H,65,74)(H,66,75)(H,67,72)(H,68,73)/t36-,37-,38+,46-,48+,49-,50-,51+,52+/m0/s1. The van der Waals surface area contributed by atoms with Crippen LogP contribution in [0.5, 0.6) is 0 Å². The summed E-state index contributed by atoms with van der Waals surface area (Å²) in [5.74, 6) is -2.51. The van der Waals surface area contributed by atoms with Gasteiger partial charge in [-0.05, 0) is 129 Å². The summed E-state index contributed by atoms with van der Waals surface area (Å²) in [4.78, 5) is 105. The Morgan fingerprint density at radius 2 is 1.26 bits per heavy atom. The summed E-state index contributed by atoms with van der Waals surface area (Å²) in [6.45, 7) is 16.9. The van der Waals surface area contributed by atoms with E-state index >= 15 is 4.79 Å². The number of hydrogen-bond donors (Lipinski definition) is 6. The van der Waals surface area contributed by atoms with Crippen LogP contribution in [0.1, 0.15) is 137 Å². The molecule has 0 bridgehead atoms. The van der Waals surface area contributed by atoms with Gasteiger partial charge in [-0.25, -0.2) is 0 Å². The normalized spacial score (nSPS) is 20.2. The first-order valence-corrected chi connectivity index (χ1v) is 27.7. The van der Waals surface area contributed by atoms with Crippen LogP contribution in [0.2, 0.25) is 5.02 Å². The first kappa shape index (κ1) is 59.0. The van der Waals surface area contributed by atoms with Crippen molar-refractivity contribution < 1.29 is 33.6 Å². The van der Waals surface area contributed by atoms with E-state index in [1.54, 1.807) is 68.1 Å². The second-order valence-corrected chi connectivity index (χ2v) is 24.0. The van der Waals surface area contributed by atoms with Gasteiger partial charge in [0.1, 0.15) is 24.2 Å². The summed E-state index contributed by atoms with van der Waals surface area (Å²) in [5.41, 5.74) is 4.48. The summed E-state index contributed by atoms with van der Waals surface area (Å²) >= 11 is 6.54. The number of halogens is 1. The van der Waals surface area contributed by atoms with E-state index in [1.807, 2.05) is 109 Å². The molecule has 4 aromatic rings. The first-order chi connectivity index (χ1) is 36.9. The molecule has 0 saturated carbocycles. The third kappa shape index (κ3) is 13.8. The predicted octanol–water partition coefficient (Wildman–Crippen LogP) is 6.55. The molecule has 1 saturated heterocycles. The molecule has 1 aliphatic carbocycles. The Bertz CT molecular complexity index is 2850. The molecular formula is C61H80ClN9O7. The molecule has 2 aliphatic heterocycles. The van der Waals surface area contributed by atoms with Crippen molar-refractivity contribution in [3.05, 3.63) is 141 Å². The van der Waals surface area contributed by atoms with Gasteiger partial charge in [0.25, 0.3) is 5.91 Å². The number of fused-ring (bicyclic) bond motifs is 2. The maximum Gasteiger partial charge on any atom is 0.251 e. The number of carbonyl (C=O) groups is 7. The van der Waals surface area contributed by atoms with Gasteiger partial charge in [0.05, 0.1) is 24.2 Å². The van der Waals surface area contributed by atoms with E-state index in [4.69, 9.17) is 11.6 Å². The number of likely N-dealkylation sites (tertiary alicyclic amines) is 1. The average molecular weight is 1090 g/mol. The van der Waals surface area contributed by atoms with E-state index in [1.165, 1.54) is 10.5 Å². The zero-order valence-electron chi connectivity index (χ0n) is 47.2. The first-order valence-electron chi connectivity index (χ1n) is 27.4. The Morgan fingerprint density at radius 1 is 0.679 bits per heavy atom. The Balaban J connectivity index is 1.15. The lowest BCUT2D eigenvalue weighted by atomic mass is 9.84. The topological polar surface area (TPSA) is 201 Å². The summed E-state index contributed by atoms with van der Waals surface area (Å²) in [6.07, 6.45) is 2.96. The second kappa shape index (κ2) is 25.0. The van der Waals surface area contributed by atoms with Crippen molar-refractivity contribution in [1.29, 1.82) is 0 Å². The lowest BCUT2D eigenvalue weighted by Crippen LogP contribution is -2.62. The number of benzene rings is 4. The summed E-state index contributed by atoms with van der Waals surface area (Å²) in [7, 11) is 3.34. The molecule has 1 fully saturated rings. The zero-order chi connectivity index (χ0) is 56.8. The van der Waals surface area contributed by atoms with Crippen molar-refractivity contribution in [3.63, 3.8) is 0 Å². The molecule has 0 aromatic heterocycles. The fraction of sp³-hybridized carbons (Fsp3) is 0.492. The molecular weight excluding hydrogens is 1010 g/mol. The molecule has 4 aromatic carbocycles. The van der Waals surface area contributed by atoms with Crippen LogP contribution < -0.4 is 31.9 Å². The van der Waals surface area contributed by atoms with Gasteiger partial charge in [0, 0.05) is 42.7 Å². The van der Waals surface area contributed by atoms with Crippen LogP contribution in [0, 0.1) is 10.8 Å². The molecule has 0 spiro atoms. The molecule has 6 N–H and O–H groups in total. The van der Waals surface area contributed by atoms with Gasteiger partial charge in [0.2, 0.25) is 35.4 Å². The van der Waals surface area contributed by atoms with Crippen LogP contribution in [0.25, 0.3) is 0 Å². The Hall–Kier alpha value is -6.62. The maximum absolute atomic E-state index is 15.5. The maximum atomic E-state index is 15.5. The average Bonchev–Trinajstić information content (AvgIpc) is 3.97. The summed E-state index contributed by atoms with van der Waals surface area (Å²) in [6, 6.07) is 23.8. The van der Waals surface area contributed by atoms with Crippen LogP contribution in [0.15, 0.2) is 97.1 Å². The molecule has 3 aliphatic rings. The number of aryl methyl sites for hydroxylation is 1. The summed E-state index contributed by atoms with van der Waals surface area (Å²) < 4.78 is 0. The van der Waals surface area contributed by atoms with Gasteiger partial charge in [-0.15, -0.1) is 0 Å². The highest BCUT2D eigenvalue weighted by atomic mass is 35.5. The van der Waals surface area contributed by atoms with E-state index in [0.29, 0.717) is 16.1 Å². The Morgan fingerprint density at radius 3 is 1.85 bits per heavy atom. The van der Waals surface area contributed by atoms with Crippen molar-refractivity contribution in [2.45, 2.75) is 162 Å². The monoisotopic (exact) mass is 1090 g/mol. The molecule has 9 atom stereocenters. The number of likely N-dealkylation sites (N-methyl/N-ethyl adjacent to an activating group) is 2. The van der Waals surface area contributed by atoms with Crippen molar-refractivity contribution in [2.75, 3.05) is 20.6 Å². The largest absolute Gasteiger partial charge is 0.347 e. The smallest absolute Gasteiger partial charge is 0.251 e. The Labute approximate surface area is 465 Å². The van der Waals surface area contributed by atoms with Gasteiger partial charge in [-0.3, -0.25) is 33.6 Å². The van der Waals surface area contributed by atoms with E-state index in [2.05, 4.69) is 38.0 Å². The molecule has 0 unspecified atom stereocenters. The van der Waals surface area contributed by atoms with Crippen molar-refractivity contribution in [3.8, 4) is 0 Å². The third-order valence-electron chi connectivity index (χ3n) is 15.8. The molecule has 0 radical (unpaired) electrons. The number of nitrogens with one attached hydrogen (secondary N) is 6. The molecule has 17 heteroatoms. The van der Waals surface area contributed by atoms with E-state index in [9.17, 15) is 28.8 Å². The predicted molar refractivity (Wildman–Crippen MR) is 303 cm³/mol. The lowest BCUT2D eigenvalue weighted by molar-refractivity contribution is -0.152. The minimum atomic E-state index is -0.973. The second-order valence-electron chi connectivity index (χ2n) is 23.5. The highest BCUT2D eigenvalue weighted by Crippen LogP contribution is 2.35. The van der Waals surface area contributed by atoms with Gasteiger partial charge in [0.15, 0.2) is 0 Å². The molecule has 7 amide bonds. The number of nitrogens with zero attached hydrogens (tertiary/aromatic N) is 3. The summed E-state index contributed by atoms with van der Waals surface area (Å²) in [5, 5.41) is 18.7. The van der Waals surface area contributed by atoms with Crippen molar-refractivity contribution in [2.24, 2.45) is 10.8 Å². The minimum absolute atomic E-state index is 0.0353. The van der Waals surface area contributed by atoms with Crippen LogP contribution in [-0.2, 0) is 54.7 Å². The van der Waals surface area contributed by atoms with Gasteiger partial charge < -0.3 is 46.6 Å². The molecule has 418 valence electrons. The van der Waals surface area contributed by atoms with E-state index < -0.39 is 71.0 Å². The highest BCUT2D eigenvalue weighted by molar-refractivity contribution is 6.30. The fourth-order valence-electron chi connectivity index (χ4n) is 10.8. The van der Waals surface area contributed by atoms with Gasteiger partial charge in [-0.1, -0.05) is 126 Å². The number of amides is 7. The lowest BCUT2D eigenvalue weighted by Gasteiger charge is -2.43.